The van der Waals surface area contributed by atoms with E-state index in [-0.39, 0.29) is 11.8 Å². The van der Waals surface area contributed by atoms with Crippen molar-refractivity contribution in [1.82, 2.24) is 10.2 Å². The van der Waals surface area contributed by atoms with Crippen molar-refractivity contribution in [3.8, 4) is 0 Å². The van der Waals surface area contributed by atoms with E-state index >= 15 is 0 Å². The second kappa shape index (κ2) is 9.34. The van der Waals surface area contributed by atoms with Gasteiger partial charge in [0.2, 0.25) is 0 Å². The van der Waals surface area contributed by atoms with E-state index in [2.05, 4.69) is 19.2 Å². The quantitative estimate of drug-likeness (QED) is 0.749. The van der Waals surface area contributed by atoms with Crippen molar-refractivity contribution in [2.24, 2.45) is 5.92 Å². The Bertz CT molecular complexity index is 421. The number of nitrogens with zero attached hydrogens (tertiary/aromatic N) is 1. The SMILES string of the molecule is CC(C)COCCCNC(=O)N(C)Cc1ccc(F)cc1. The van der Waals surface area contributed by atoms with E-state index in [0.29, 0.717) is 25.6 Å². The van der Waals surface area contributed by atoms with Gasteiger partial charge < -0.3 is 15.0 Å². The van der Waals surface area contributed by atoms with E-state index < -0.39 is 0 Å². The molecule has 0 radical (unpaired) electrons. The van der Waals surface area contributed by atoms with Crippen LogP contribution in [-0.2, 0) is 11.3 Å². The molecule has 0 spiro atoms. The van der Waals surface area contributed by atoms with Crippen LogP contribution < -0.4 is 5.32 Å². The molecular formula is C16H25FN2O2. The van der Waals surface area contributed by atoms with Gasteiger partial charge in [0.05, 0.1) is 0 Å². The van der Waals surface area contributed by atoms with Gasteiger partial charge in [0.1, 0.15) is 5.82 Å². The minimum Gasteiger partial charge on any atom is -0.381 e. The zero-order chi connectivity index (χ0) is 15.7. The number of hydrogen-bond acceptors (Lipinski definition) is 2. The summed E-state index contributed by atoms with van der Waals surface area (Å²) in [5.74, 6) is 0.258. The molecule has 1 aromatic carbocycles. The van der Waals surface area contributed by atoms with Crippen LogP contribution in [0.25, 0.3) is 0 Å². The highest BCUT2D eigenvalue weighted by Gasteiger charge is 2.08. The monoisotopic (exact) mass is 296 g/mol. The lowest BCUT2D eigenvalue weighted by atomic mass is 10.2. The van der Waals surface area contributed by atoms with Crippen molar-refractivity contribution in [2.45, 2.75) is 26.8 Å². The second-order valence-corrected chi connectivity index (χ2v) is 5.54. The number of rotatable bonds is 8. The molecule has 21 heavy (non-hydrogen) atoms. The second-order valence-electron chi connectivity index (χ2n) is 5.54. The minimum atomic E-state index is -0.271. The molecule has 0 aliphatic heterocycles. The van der Waals surface area contributed by atoms with E-state index in [1.54, 1.807) is 24.1 Å². The van der Waals surface area contributed by atoms with Crippen LogP contribution in [0.4, 0.5) is 9.18 Å². The highest BCUT2D eigenvalue weighted by molar-refractivity contribution is 5.73. The Morgan fingerprint density at radius 3 is 2.62 bits per heavy atom. The van der Waals surface area contributed by atoms with Gasteiger partial charge in [0.15, 0.2) is 0 Å². The molecule has 0 atom stereocenters. The molecule has 0 bridgehead atoms. The Balaban J connectivity index is 2.18. The topological polar surface area (TPSA) is 41.6 Å². The number of carbonyl (C=O) groups excluding carboxylic acids is 1. The highest BCUT2D eigenvalue weighted by atomic mass is 19.1. The molecule has 118 valence electrons. The van der Waals surface area contributed by atoms with Gasteiger partial charge in [0, 0.05) is 33.4 Å². The molecule has 5 heteroatoms. The first-order valence-corrected chi connectivity index (χ1v) is 7.30. The molecule has 0 saturated heterocycles. The van der Waals surface area contributed by atoms with Crippen LogP contribution in [0.2, 0.25) is 0 Å². The van der Waals surface area contributed by atoms with Crippen LogP contribution in [0.15, 0.2) is 24.3 Å². The van der Waals surface area contributed by atoms with Crippen molar-refractivity contribution >= 4 is 6.03 Å². The third-order valence-corrected chi connectivity index (χ3v) is 2.87. The third kappa shape index (κ3) is 7.66. The normalized spacial score (nSPS) is 10.7. The fourth-order valence-corrected chi connectivity index (χ4v) is 1.76. The molecule has 0 aliphatic rings. The molecule has 1 rings (SSSR count). The lowest BCUT2D eigenvalue weighted by molar-refractivity contribution is 0.108. The molecule has 0 heterocycles. The molecule has 1 aromatic rings. The Labute approximate surface area is 126 Å². The molecule has 2 amide bonds. The number of benzene rings is 1. The largest absolute Gasteiger partial charge is 0.381 e. The molecule has 4 nitrogen and oxygen atoms in total. The summed E-state index contributed by atoms with van der Waals surface area (Å²) in [5.41, 5.74) is 0.898. The Hall–Kier alpha value is -1.62. The maximum absolute atomic E-state index is 12.8. The zero-order valence-corrected chi connectivity index (χ0v) is 13.1. The number of amides is 2. The lowest BCUT2D eigenvalue weighted by Crippen LogP contribution is -2.37. The van der Waals surface area contributed by atoms with Crippen molar-refractivity contribution in [3.05, 3.63) is 35.6 Å². The van der Waals surface area contributed by atoms with Crippen molar-refractivity contribution in [1.29, 1.82) is 0 Å². The van der Waals surface area contributed by atoms with Gasteiger partial charge in [-0.25, -0.2) is 9.18 Å². The van der Waals surface area contributed by atoms with Crippen LogP contribution in [0.1, 0.15) is 25.8 Å². The van der Waals surface area contributed by atoms with E-state index in [9.17, 15) is 9.18 Å². The molecular weight excluding hydrogens is 271 g/mol. The van der Waals surface area contributed by atoms with Gasteiger partial charge >= 0.3 is 6.03 Å². The van der Waals surface area contributed by atoms with Crippen molar-refractivity contribution in [2.75, 3.05) is 26.8 Å². The summed E-state index contributed by atoms with van der Waals surface area (Å²) in [4.78, 5) is 13.4. The van der Waals surface area contributed by atoms with E-state index in [0.717, 1.165) is 18.6 Å². The Morgan fingerprint density at radius 1 is 1.33 bits per heavy atom. The van der Waals surface area contributed by atoms with Gasteiger partial charge in [-0.05, 0) is 30.0 Å². The average molecular weight is 296 g/mol. The number of nitrogens with one attached hydrogen (secondary N) is 1. The van der Waals surface area contributed by atoms with Gasteiger partial charge in [-0.15, -0.1) is 0 Å². The maximum atomic E-state index is 12.8. The molecule has 0 aliphatic carbocycles. The molecule has 0 aromatic heterocycles. The highest BCUT2D eigenvalue weighted by Crippen LogP contribution is 2.05. The number of halogens is 1. The van der Waals surface area contributed by atoms with Crippen LogP contribution in [-0.4, -0.2) is 37.7 Å². The molecule has 0 fully saturated rings. The smallest absolute Gasteiger partial charge is 0.317 e. The van der Waals surface area contributed by atoms with E-state index in [1.807, 2.05) is 0 Å². The summed E-state index contributed by atoms with van der Waals surface area (Å²) >= 11 is 0. The first-order chi connectivity index (χ1) is 9.99. The van der Waals surface area contributed by atoms with Crippen LogP contribution in [0, 0.1) is 11.7 Å². The van der Waals surface area contributed by atoms with Gasteiger partial charge in [0.25, 0.3) is 0 Å². The zero-order valence-electron chi connectivity index (χ0n) is 13.1. The fraction of sp³-hybridized carbons (Fsp3) is 0.562. The van der Waals surface area contributed by atoms with E-state index in [1.165, 1.54) is 12.1 Å². The van der Waals surface area contributed by atoms with Crippen LogP contribution >= 0.6 is 0 Å². The lowest BCUT2D eigenvalue weighted by Gasteiger charge is -2.18. The van der Waals surface area contributed by atoms with Gasteiger partial charge in [-0.2, -0.15) is 0 Å². The van der Waals surface area contributed by atoms with Gasteiger partial charge in [-0.3, -0.25) is 0 Å². The predicted molar refractivity (Wildman–Crippen MR) is 81.5 cm³/mol. The van der Waals surface area contributed by atoms with Crippen LogP contribution in [0.5, 0.6) is 0 Å². The third-order valence-electron chi connectivity index (χ3n) is 2.87. The average Bonchev–Trinajstić information content (AvgIpc) is 2.44. The van der Waals surface area contributed by atoms with E-state index in [4.69, 9.17) is 4.74 Å². The van der Waals surface area contributed by atoms with Crippen molar-refractivity contribution < 1.29 is 13.9 Å². The summed E-state index contributed by atoms with van der Waals surface area (Å²) in [5, 5.41) is 2.84. The number of ether oxygens (including phenoxy) is 1. The summed E-state index contributed by atoms with van der Waals surface area (Å²) in [6.45, 7) is 6.65. The van der Waals surface area contributed by atoms with Gasteiger partial charge in [-0.1, -0.05) is 26.0 Å². The number of carbonyl (C=O) groups is 1. The van der Waals surface area contributed by atoms with Crippen molar-refractivity contribution in [3.63, 3.8) is 0 Å². The fourth-order valence-electron chi connectivity index (χ4n) is 1.76. The Kier molecular flexibility index (Phi) is 7.75. The number of urea groups is 1. The predicted octanol–water partition coefficient (Wildman–Crippen LogP) is 3.03. The Morgan fingerprint density at radius 2 is 2.00 bits per heavy atom. The first-order valence-electron chi connectivity index (χ1n) is 7.30. The summed E-state index contributed by atoms with van der Waals surface area (Å²) in [6.07, 6.45) is 0.794. The summed E-state index contributed by atoms with van der Waals surface area (Å²) in [7, 11) is 1.72. The maximum Gasteiger partial charge on any atom is 0.317 e. The molecule has 0 unspecified atom stereocenters. The standard InChI is InChI=1S/C16H25FN2O2/c1-13(2)12-21-10-4-9-18-16(20)19(3)11-14-5-7-15(17)8-6-14/h5-8,13H,4,9-12H2,1-3H3,(H,18,20). The first kappa shape index (κ1) is 17.4. The van der Waals surface area contributed by atoms with Crippen LogP contribution in [0.3, 0.4) is 0 Å². The molecule has 0 saturated carbocycles. The summed E-state index contributed by atoms with van der Waals surface area (Å²) in [6, 6.07) is 6.01. The summed E-state index contributed by atoms with van der Waals surface area (Å²) < 4.78 is 18.2. The minimum absolute atomic E-state index is 0.136. The molecule has 1 N–H and O–H groups in total. The number of hydrogen-bond donors (Lipinski definition) is 1.